The van der Waals surface area contributed by atoms with Crippen molar-refractivity contribution in [3.05, 3.63) is 65.0 Å². The average molecular weight is 532 g/mol. The first kappa shape index (κ1) is 28.6. The zero-order valence-electron chi connectivity index (χ0n) is 22.2. The first-order valence-electron chi connectivity index (χ1n) is 12.9. The fraction of sp³-hybridized carbons (Fsp3) is 0.500. The van der Waals surface area contributed by atoms with Gasteiger partial charge < -0.3 is 10.2 Å². The van der Waals surface area contributed by atoms with Crippen molar-refractivity contribution in [2.24, 2.45) is 0 Å². The van der Waals surface area contributed by atoms with Gasteiger partial charge in [-0.15, -0.1) is 0 Å². The molecule has 3 rings (SSSR count). The van der Waals surface area contributed by atoms with Gasteiger partial charge in [0, 0.05) is 25.6 Å². The number of halogens is 1. The molecule has 37 heavy (non-hydrogen) atoms. The molecule has 202 valence electrons. The second-order valence-corrected chi connectivity index (χ2v) is 11.9. The summed E-state index contributed by atoms with van der Waals surface area (Å²) in [5, 5.41) is 3.06. The Morgan fingerprint density at radius 1 is 1.08 bits per heavy atom. The summed E-state index contributed by atoms with van der Waals surface area (Å²) in [6, 6.07) is 10.8. The normalized spacial score (nSPS) is 14.8. The van der Waals surface area contributed by atoms with Gasteiger partial charge in [-0.3, -0.25) is 13.9 Å². The Morgan fingerprint density at radius 3 is 2.35 bits per heavy atom. The van der Waals surface area contributed by atoms with Crippen LogP contribution in [0.15, 0.2) is 42.5 Å². The van der Waals surface area contributed by atoms with E-state index < -0.39 is 16.1 Å². The predicted octanol–water partition coefficient (Wildman–Crippen LogP) is 4.46. The molecule has 1 aliphatic rings. The molecule has 2 aromatic carbocycles. The number of hydrogen-bond acceptors (Lipinski definition) is 4. The van der Waals surface area contributed by atoms with Crippen LogP contribution in [-0.4, -0.2) is 50.0 Å². The number of anilines is 1. The summed E-state index contributed by atoms with van der Waals surface area (Å²) in [6.07, 6.45) is 5.54. The minimum Gasteiger partial charge on any atom is -0.352 e. The Labute approximate surface area is 220 Å². The van der Waals surface area contributed by atoms with Crippen molar-refractivity contribution in [2.75, 3.05) is 17.1 Å². The Balaban J connectivity index is 1.73. The minimum absolute atomic E-state index is 0.0686. The molecular weight excluding hydrogens is 493 g/mol. The van der Waals surface area contributed by atoms with Crippen molar-refractivity contribution in [3.8, 4) is 0 Å². The van der Waals surface area contributed by atoms with Gasteiger partial charge in [0.1, 0.15) is 11.9 Å². The van der Waals surface area contributed by atoms with Gasteiger partial charge in [-0.25, -0.2) is 12.8 Å². The lowest BCUT2D eigenvalue weighted by Crippen LogP contribution is -2.49. The fourth-order valence-corrected chi connectivity index (χ4v) is 5.77. The lowest BCUT2D eigenvalue weighted by atomic mass is 10.1. The van der Waals surface area contributed by atoms with Gasteiger partial charge in [0.25, 0.3) is 0 Å². The zero-order valence-corrected chi connectivity index (χ0v) is 23.0. The van der Waals surface area contributed by atoms with Crippen molar-refractivity contribution in [2.45, 2.75) is 77.9 Å². The smallest absolute Gasteiger partial charge is 0.242 e. The summed E-state index contributed by atoms with van der Waals surface area (Å²) < 4.78 is 39.9. The number of nitrogens with one attached hydrogen (secondary N) is 1. The lowest BCUT2D eigenvalue weighted by molar-refractivity contribution is -0.141. The van der Waals surface area contributed by atoms with Crippen molar-refractivity contribution < 1.29 is 22.4 Å². The molecule has 1 aliphatic carbocycles. The van der Waals surface area contributed by atoms with E-state index in [1.165, 1.54) is 21.3 Å². The summed E-state index contributed by atoms with van der Waals surface area (Å²) in [7, 11) is -3.56. The maximum atomic E-state index is 13.4. The molecular formula is C28H38FN3O4S. The van der Waals surface area contributed by atoms with E-state index >= 15 is 0 Å². The monoisotopic (exact) mass is 531 g/mol. The van der Waals surface area contributed by atoms with Gasteiger partial charge >= 0.3 is 0 Å². The molecule has 0 saturated heterocycles. The number of sulfonamides is 1. The first-order valence-corrected chi connectivity index (χ1v) is 14.7. The van der Waals surface area contributed by atoms with Crippen molar-refractivity contribution >= 4 is 27.5 Å². The fourth-order valence-electron chi connectivity index (χ4n) is 4.75. The molecule has 0 aliphatic heterocycles. The molecule has 1 fully saturated rings. The largest absolute Gasteiger partial charge is 0.352 e. The maximum Gasteiger partial charge on any atom is 0.242 e. The van der Waals surface area contributed by atoms with E-state index in [2.05, 4.69) is 5.32 Å². The van der Waals surface area contributed by atoms with E-state index in [0.717, 1.165) is 43.1 Å². The average Bonchev–Trinajstić information content (AvgIpc) is 3.35. The third-order valence-electron chi connectivity index (χ3n) is 7.13. The Kier molecular flexibility index (Phi) is 9.70. The Hall–Kier alpha value is -2.94. The van der Waals surface area contributed by atoms with E-state index in [9.17, 15) is 22.4 Å². The molecule has 2 aromatic rings. The highest BCUT2D eigenvalue weighted by atomic mass is 32.2. The molecule has 7 nitrogen and oxygen atoms in total. The van der Waals surface area contributed by atoms with Gasteiger partial charge in [0.05, 0.1) is 11.9 Å². The number of carbonyl (C=O) groups excluding carboxylic acids is 2. The second-order valence-electron chi connectivity index (χ2n) is 9.97. The van der Waals surface area contributed by atoms with Gasteiger partial charge in [0.15, 0.2) is 0 Å². The molecule has 0 bridgehead atoms. The first-order chi connectivity index (χ1) is 17.5. The summed E-state index contributed by atoms with van der Waals surface area (Å²) in [5.41, 5.74) is 3.16. The van der Waals surface area contributed by atoms with Crippen LogP contribution in [0.2, 0.25) is 0 Å². The van der Waals surface area contributed by atoms with Gasteiger partial charge in [-0.2, -0.15) is 0 Å². The highest BCUT2D eigenvalue weighted by Gasteiger charge is 2.29. The number of benzene rings is 2. The second kappa shape index (κ2) is 12.5. The van der Waals surface area contributed by atoms with Crippen LogP contribution in [0, 0.1) is 19.7 Å². The molecule has 2 amide bonds. The molecule has 0 radical (unpaired) electrons. The van der Waals surface area contributed by atoms with Crippen molar-refractivity contribution in [1.29, 1.82) is 0 Å². The highest BCUT2D eigenvalue weighted by molar-refractivity contribution is 7.92. The van der Waals surface area contributed by atoms with Crippen LogP contribution in [0.5, 0.6) is 0 Å². The number of carbonyl (C=O) groups is 2. The lowest BCUT2D eigenvalue weighted by Gasteiger charge is -2.30. The van der Waals surface area contributed by atoms with Crippen LogP contribution < -0.4 is 9.62 Å². The van der Waals surface area contributed by atoms with E-state index in [-0.39, 0.29) is 49.6 Å². The molecule has 1 atom stereocenters. The standard InChI is InChI=1S/C28H38FN3O4S/c1-20-9-7-12-26(21(20)2)32(37(4,35)36)18-8-13-27(33)31(19-23-14-16-24(29)17-15-23)22(3)28(34)30-25-10-5-6-11-25/h7,9,12,14-17,22,25H,5-6,8,10-11,13,18-19H2,1-4H3,(H,30,34)/t22-/m1/s1. The van der Waals surface area contributed by atoms with Crippen LogP contribution >= 0.6 is 0 Å². The zero-order chi connectivity index (χ0) is 27.2. The Morgan fingerprint density at radius 2 is 1.73 bits per heavy atom. The molecule has 9 heteroatoms. The third-order valence-corrected chi connectivity index (χ3v) is 8.31. The van der Waals surface area contributed by atoms with E-state index in [0.29, 0.717) is 11.3 Å². The SMILES string of the molecule is Cc1cccc(N(CCCC(=O)N(Cc2ccc(F)cc2)[C@H](C)C(=O)NC2CCCC2)S(C)(=O)=O)c1C. The number of amides is 2. The van der Waals surface area contributed by atoms with E-state index in [4.69, 9.17) is 0 Å². The van der Waals surface area contributed by atoms with Gasteiger partial charge in [-0.05, 0) is 74.9 Å². The quantitative estimate of drug-likeness (QED) is 0.464. The molecule has 1 saturated carbocycles. The number of aryl methyl sites for hydroxylation is 1. The van der Waals surface area contributed by atoms with E-state index in [1.807, 2.05) is 26.0 Å². The third kappa shape index (κ3) is 7.77. The summed E-state index contributed by atoms with van der Waals surface area (Å²) in [6.45, 7) is 5.80. The van der Waals surface area contributed by atoms with Crippen LogP contribution in [-0.2, 0) is 26.2 Å². The molecule has 0 spiro atoms. The highest BCUT2D eigenvalue weighted by Crippen LogP contribution is 2.26. The molecule has 0 heterocycles. The van der Waals surface area contributed by atoms with Crippen LogP contribution in [0.25, 0.3) is 0 Å². The number of rotatable bonds is 11. The van der Waals surface area contributed by atoms with Crippen molar-refractivity contribution in [1.82, 2.24) is 10.2 Å². The maximum absolute atomic E-state index is 13.4. The summed E-state index contributed by atoms with van der Waals surface area (Å²) in [5.74, 6) is -0.843. The summed E-state index contributed by atoms with van der Waals surface area (Å²) >= 11 is 0. The summed E-state index contributed by atoms with van der Waals surface area (Å²) in [4.78, 5) is 27.9. The van der Waals surface area contributed by atoms with Crippen molar-refractivity contribution in [3.63, 3.8) is 0 Å². The number of nitrogens with zero attached hydrogens (tertiary/aromatic N) is 2. The topological polar surface area (TPSA) is 86.8 Å². The van der Waals surface area contributed by atoms with Crippen LogP contribution in [0.3, 0.4) is 0 Å². The molecule has 0 aromatic heterocycles. The van der Waals surface area contributed by atoms with Gasteiger partial charge in [0.2, 0.25) is 21.8 Å². The van der Waals surface area contributed by atoms with Crippen LogP contribution in [0.4, 0.5) is 10.1 Å². The predicted molar refractivity (Wildman–Crippen MR) is 144 cm³/mol. The number of hydrogen-bond donors (Lipinski definition) is 1. The Bertz CT molecular complexity index is 1190. The van der Waals surface area contributed by atoms with Crippen LogP contribution in [0.1, 0.15) is 62.1 Å². The van der Waals surface area contributed by atoms with E-state index in [1.54, 1.807) is 25.1 Å². The molecule has 0 unspecified atom stereocenters. The van der Waals surface area contributed by atoms with Gasteiger partial charge in [-0.1, -0.05) is 37.1 Å². The molecule has 1 N–H and O–H groups in total. The minimum atomic E-state index is -3.56.